The molecule has 0 aliphatic heterocycles. The molecule has 0 saturated heterocycles. The van der Waals surface area contributed by atoms with E-state index >= 15 is 0 Å². The number of aryl methyl sites for hydroxylation is 3. The predicted molar refractivity (Wildman–Crippen MR) is 124 cm³/mol. The number of rotatable bonds is 3. The fourth-order valence-electron chi connectivity index (χ4n) is 4.30. The minimum Gasteiger partial charge on any atom is -0.310 e. The summed E-state index contributed by atoms with van der Waals surface area (Å²) in [5, 5.41) is 0. The van der Waals surface area contributed by atoms with Crippen molar-refractivity contribution in [1.29, 1.82) is 0 Å². The summed E-state index contributed by atoms with van der Waals surface area (Å²) in [5.74, 6) is 0. The lowest BCUT2D eigenvalue weighted by atomic mass is 10.0. The van der Waals surface area contributed by atoms with Gasteiger partial charge >= 0.3 is 0 Å². The van der Waals surface area contributed by atoms with Crippen LogP contribution < -0.4 is 4.90 Å². The average molecular weight is 376 g/mol. The van der Waals surface area contributed by atoms with Crippen molar-refractivity contribution in [1.82, 2.24) is 0 Å². The molecule has 0 fully saturated rings. The number of nitrogens with zero attached hydrogens (tertiary/aromatic N) is 1. The fourth-order valence-corrected chi connectivity index (χ4v) is 4.30. The quantitative estimate of drug-likeness (QED) is 0.313. The molecule has 4 aromatic carbocycles. The summed E-state index contributed by atoms with van der Waals surface area (Å²) in [6, 6.07) is 31.3. The Bertz CT molecular complexity index is 1140. The van der Waals surface area contributed by atoms with Crippen molar-refractivity contribution in [2.24, 2.45) is 0 Å². The second kappa shape index (κ2) is 6.93. The summed E-state index contributed by atoms with van der Waals surface area (Å²) < 4.78 is 0. The van der Waals surface area contributed by atoms with E-state index in [-0.39, 0.29) is 0 Å². The molecule has 0 unspecified atom stereocenters. The van der Waals surface area contributed by atoms with Crippen LogP contribution >= 0.6 is 0 Å². The van der Waals surface area contributed by atoms with E-state index in [0.717, 1.165) is 6.42 Å². The zero-order valence-corrected chi connectivity index (χ0v) is 17.2. The van der Waals surface area contributed by atoms with Crippen LogP contribution in [0.5, 0.6) is 0 Å². The second-order valence-electron chi connectivity index (χ2n) is 8.19. The van der Waals surface area contributed by atoms with E-state index < -0.39 is 0 Å². The predicted octanol–water partition coefficient (Wildman–Crippen LogP) is 7.65. The second-order valence-corrected chi connectivity index (χ2v) is 8.19. The van der Waals surface area contributed by atoms with Crippen molar-refractivity contribution in [3.8, 4) is 11.1 Å². The van der Waals surface area contributed by atoms with E-state index in [1.54, 1.807) is 0 Å². The Morgan fingerprint density at radius 2 is 0.931 bits per heavy atom. The van der Waals surface area contributed by atoms with Gasteiger partial charge in [0, 0.05) is 17.1 Å². The molecular weight excluding hydrogens is 350 g/mol. The van der Waals surface area contributed by atoms with Gasteiger partial charge < -0.3 is 4.90 Å². The molecule has 0 aromatic heterocycles. The van der Waals surface area contributed by atoms with Gasteiger partial charge in [0.15, 0.2) is 0 Å². The Hall–Kier alpha value is -3.32. The monoisotopic (exact) mass is 375 g/mol. The lowest BCUT2D eigenvalue weighted by Crippen LogP contribution is -2.10. The summed E-state index contributed by atoms with van der Waals surface area (Å²) in [5.41, 5.74) is 13.1. The summed E-state index contributed by atoms with van der Waals surface area (Å²) >= 11 is 0. The molecule has 0 spiro atoms. The molecule has 0 saturated carbocycles. The third-order valence-electron chi connectivity index (χ3n) is 5.86. The third kappa shape index (κ3) is 3.23. The zero-order chi connectivity index (χ0) is 20.0. The van der Waals surface area contributed by atoms with Crippen molar-refractivity contribution in [3.05, 3.63) is 113 Å². The Kier molecular flexibility index (Phi) is 4.24. The molecule has 0 amide bonds. The van der Waals surface area contributed by atoms with E-state index in [9.17, 15) is 0 Å². The van der Waals surface area contributed by atoms with E-state index in [2.05, 4.69) is 111 Å². The average Bonchev–Trinajstić information content (AvgIpc) is 3.07. The molecule has 1 heteroatoms. The first-order chi connectivity index (χ1) is 14.1. The third-order valence-corrected chi connectivity index (χ3v) is 5.86. The van der Waals surface area contributed by atoms with Gasteiger partial charge in [-0.05, 0) is 85.8 Å². The molecule has 142 valence electrons. The Balaban J connectivity index is 1.62. The van der Waals surface area contributed by atoms with Crippen LogP contribution in [0.15, 0.2) is 84.9 Å². The summed E-state index contributed by atoms with van der Waals surface area (Å²) in [6.07, 6.45) is 1.01. The molecule has 29 heavy (non-hydrogen) atoms. The van der Waals surface area contributed by atoms with Crippen LogP contribution in [0.1, 0.15) is 27.8 Å². The largest absolute Gasteiger partial charge is 0.310 e. The van der Waals surface area contributed by atoms with Crippen LogP contribution in [0, 0.1) is 20.8 Å². The van der Waals surface area contributed by atoms with Gasteiger partial charge in [-0.25, -0.2) is 0 Å². The number of benzene rings is 4. The lowest BCUT2D eigenvalue weighted by molar-refractivity contribution is 1.22. The maximum absolute atomic E-state index is 2.37. The van der Waals surface area contributed by atoms with E-state index in [0.29, 0.717) is 0 Å². The van der Waals surface area contributed by atoms with Crippen molar-refractivity contribution < 1.29 is 0 Å². The van der Waals surface area contributed by atoms with Crippen molar-refractivity contribution in [2.75, 3.05) is 4.90 Å². The Morgan fingerprint density at radius 1 is 0.483 bits per heavy atom. The highest BCUT2D eigenvalue weighted by Crippen LogP contribution is 2.42. The molecule has 0 radical (unpaired) electrons. The molecule has 0 heterocycles. The van der Waals surface area contributed by atoms with Gasteiger partial charge in [0.25, 0.3) is 0 Å². The highest BCUT2D eigenvalue weighted by molar-refractivity contribution is 5.83. The van der Waals surface area contributed by atoms with Crippen LogP contribution in [-0.2, 0) is 6.42 Å². The van der Waals surface area contributed by atoms with Crippen molar-refractivity contribution in [2.45, 2.75) is 27.2 Å². The van der Waals surface area contributed by atoms with Gasteiger partial charge in [0.2, 0.25) is 0 Å². The molecule has 0 bridgehead atoms. The van der Waals surface area contributed by atoms with Crippen LogP contribution in [-0.4, -0.2) is 0 Å². The highest BCUT2D eigenvalue weighted by Gasteiger charge is 2.21. The summed E-state index contributed by atoms with van der Waals surface area (Å²) in [7, 11) is 0. The van der Waals surface area contributed by atoms with Crippen LogP contribution in [0.25, 0.3) is 11.1 Å². The first-order valence-corrected chi connectivity index (χ1v) is 10.2. The van der Waals surface area contributed by atoms with Gasteiger partial charge in [0.05, 0.1) is 0 Å². The van der Waals surface area contributed by atoms with E-state index in [4.69, 9.17) is 0 Å². The smallest absolute Gasteiger partial charge is 0.0464 e. The Labute approximate surface area is 173 Å². The van der Waals surface area contributed by atoms with Gasteiger partial charge in [0.1, 0.15) is 0 Å². The highest BCUT2D eigenvalue weighted by atomic mass is 15.1. The zero-order valence-electron chi connectivity index (χ0n) is 17.2. The Morgan fingerprint density at radius 3 is 1.52 bits per heavy atom. The minimum absolute atomic E-state index is 1.01. The maximum atomic E-state index is 2.37. The van der Waals surface area contributed by atoms with Crippen molar-refractivity contribution >= 4 is 17.1 Å². The molecule has 0 N–H and O–H groups in total. The van der Waals surface area contributed by atoms with Crippen LogP contribution in [0.3, 0.4) is 0 Å². The first kappa shape index (κ1) is 17.8. The number of fused-ring (bicyclic) bond motifs is 3. The first-order valence-electron chi connectivity index (χ1n) is 10.2. The minimum atomic E-state index is 1.01. The fraction of sp³-hybridized carbons (Fsp3) is 0.143. The van der Waals surface area contributed by atoms with Crippen LogP contribution in [0.2, 0.25) is 0 Å². The van der Waals surface area contributed by atoms with Gasteiger partial charge in [-0.3, -0.25) is 0 Å². The van der Waals surface area contributed by atoms with Crippen molar-refractivity contribution in [3.63, 3.8) is 0 Å². The SMILES string of the molecule is Cc1ccc(N(c2ccc(C)cc2)c2ccc3c(c2)Cc2cc(C)ccc2-3)cc1. The van der Waals surface area contributed by atoms with Crippen LogP contribution in [0.4, 0.5) is 17.1 Å². The lowest BCUT2D eigenvalue weighted by Gasteiger charge is -2.26. The molecule has 0 atom stereocenters. The number of hydrogen-bond donors (Lipinski definition) is 0. The number of hydrogen-bond acceptors (Lipinski definition) is 1. The molecule has 5 rings (SSSR count). The number of anilines is 3. The van der Waals surface area contributed by atoms with Gasteiger partial charge in [-0.15, -0.1) is 0 Å². The standard InChI is InChI=1S/C28H25N/c1-19-4-9-24(10-5-19)29(25-11-6-20(2)7-12-25)26-13-15-28-23(18-26)17-22-16-21(3)8-14-27(22)28/h4-16,18H,17H2,1-3H3. The van der Waals surface area contributed by atoms with E-state index in [1.165, 1.54) is 56.0 Å². The van der Waals surface area contributed by atoms with Gasteiger partial charge in [-0.2, -0.15) is 0 Å². The summed E-state index contributed by atoms with van der Waals surface area (Å²) in [6.45, 7) is 6.44. The molecule has 1 aliphatic carbocycles. The molecular formula is C28H25N. The molecule has 1 nitrogen and oxygen atoms in total. The maximum Gasteiger partial charge on any atom is 0.0464 e. The summed E-state index contributed by atoms with van der Waals surface area (Å²) in [4.78, 5) is 2.35. The van der Waals surface area contributed by atoms with Gasteiger partial charge in [-0.1, -0.05) is 65.2 Å². The molecule has 1 aliphatic rings. The normalized spacial score (nSPS) is 11.8. The topological polar surface area (TPSA) is 3.24 Å². The van der Waals surface area contributed by atoms with E-state index in [1.807, 2.05) is 0 Å². The molecule has 4 aromatic rings.